The van der Waals surface area contributed by atoms with Gasteiger partial charge in [-0.1, -0.05) is 6.92 Å². The molecule has 1 saturated heterocycles. The normalized spacial score (nSPS) is 21.4. The van der Waals surface area contributed by atoms with Gasteiger partial charge in [-0.2, -0.15) is 0 Å². The Hall–Kier alpha value is -2.15. The Morgan fingerprint density at radius 3 is 2.86 bits per heavy atom. The van der Waals surface area contributed by atoms with Gasteiger partial charge in [0.1, 0.15) is 0 Å². The van der Waals surface area contributed by atoms with E-state index in [4.69, 9.17) is 4.74 Å². The van der Waals surface area contributed by atoms with E-state index in [-0.39, 0.29) is 41.5 Å². The molecule has 21 heavy (non-hydrogen) atoms. The number of hydrogen-bond acceptors (Lipinski definition) is 5. The molecule has 1 amide bonds. The van der Waals surface area contributed by atoms with Crippen LogP contribution in [0.4, 0.5) is 5.69 Å². The summed E-state index contributed by atoms with van der Waals surface area (Å²) in [4.78, 5) is 24.5. The summed E-state index contributed by atoms with van der Waals surface area (Å²) in [5, 5.41) is 20.4. The van der Waals surface area contributed by atoms with Crippen molar-refractivity contribution in [2.45, 2.75) is 19.4 Å². The smallest absolute Gasteiger partial charge is 0.311 e. The lowest BCUT2D eigenvalue weighted by atomic mass is 10.0. The maximum atomic E-state index is 12.5. The molecule has 7 heteroatoms. The van der Waals surface area contributed by atoms with Crippen molar-refractivity contribution >= 4 is 11.6 Å². The molecule has 0 aliphatic carbocycles. The first-order valence-corrected chi connectivity index (χ1v) is 6.73. The van der Waals surface area contributed by atoms with Crippen LogP contribution in [0.3, 0.4) is 0 Å². The van der Waals surface area contributed by atoms with E-state index in [0.29, 0.717) is 6.54 Å². The molecular formula is C14H18N2O5. The number of nitro benzene ring substituents is 1. The maximum absolute atomic E-state index is 12.5. The highest BCUT2D eigenvalue weighted by molar-refractivity contribution is 5.95. The zero-order valence-corrected chi connectivity index (χ0v) is 12.0. The van der Waals surface area contributed by atoms with Crippen LogP contribution in [-0.4, -0.2) is 47.1 Å². The van der Waals surface area contributed by atoms with Gasteiger partial charge in [0.2, 0.25) is 0 Å². The maximum Gasteiger partial charge on any atom is 0.311 e. The largest absolute Gasteiger partial charge is 0.490 e. The molecule has 1 aliphatic rings. The molecular weight excluding hydrogens is 276 g/mol. The van der Waals surface area contributed by atoms with Crippen molar-refractivity contribution in [3.05, 3.63) is 33.9 Å². The minimum atomic E-state index is -0.578. The van der Waals surface area contributed by atoms with Crippen LogP contribution < -0.4 is 4.74 Å². The number of amides is 1. The van der Waals surface area contributed by atoms with Crippen LogP contribution >= 0.6 is 0 Å². The topological polar surface area (TPSA) is 92.9 Å². The van der Waals surface area contributed by atoms with Crippen molar-refractivity contribution in [3.63, 3.8) is 0 Å². The second-order valence-corrected chi connectivity index (χ2v) is 5.16. The molecule has 1 fully saturated rings. The first-order chi connectivity index (χ1) is 9.99. The van der Waals surface area contributed by atoms with E-state index >= 15 is 0 Å². The molecule has 0 saturated carbocycles. The summed E-state index contributed by atoms with van der Waals surface area (Å²) in [7, 11) is 1.34. The lowest BCUT2D eigenvalue weighted by Crippen LogP contribution is -2.39. The predicted octanol–water partition coefficient (Wildman–Crippen LogP) is 1.45. The number of benzene rings is 1. The second-order valence-electron chi connectivity index (χ2n) is 5.16. The number of methoxy groups -OCH3 is 1. The summed E-state index contributed by atoms with van der Waals surface area (Å²) >= 11 is 0. The zero-order valence-electron chi connectivity index (χ0n) is 12.0. The molecule has 1 N–H and O–H groups in total. The van der Waals surface area contributed by atoms with Crippen LogP contribution in [0, 0.1) is 16.0 Å². The Balaban J connectivity index is 2.31. The number of carbonyl (C=O) groups is 1. The fourth-order valence-corrected chi connectivity index (χ4v) is 2.67. The fourth-order valence-electron chi connectivity index (χ4n) is 2.67. The molecule has 2 atom stereocenters. The van der Waals surface area contributed by atoms with E-state index in [1.54, 1.807) is 4.90 Å². The van der Waals surface area contributed by atoms with Gasteiger partial charge in [-0.3, -0.25) is 14.9 Å². The van der Waals surface area contributed by atoms with Crippen molar-refractivity contribution in [1.29, 1.82) is 0 Å². The second kappa shape index (κ2) is 6.09. The van der Waals surface area contributed by atoms with Gasteiger partial charge in [0.05, 0.1) is 24.7 Å². The van der Waals surface area contributed by atoms with E-state index in [1.807, 2.05) is 6.92 Å². The molecule has 0 radical (unpaired) electrons. The van der Waals surface area contributed by atoms with Gasteiger partial charge in [0, 0.05) is 18.2 Å². The number of aliphatic hydroxyl groups excluding tert-OH is 1. The van der Waals surface area contributed by atoms with Crippen LogP contribution in [0.15, 0.2) is 18.2 Å². The zero-order chi connectivity index (χ0) is 15.6. The summed E-state index contributed by atoms with van der Waals surface area (Å²) in [5.41, 5.74) is -0.00815. The van der Waals surface area contributed by atoms with Gasteiger partial charge in [-0.25, -0.2) is 0 Å². The monoisotopic (exact) mass is 294 g/mol. The Labute approximate surface area is 122 Å². The lowest BCUT2D eigenvalue weighted by molar-refractivity contribution is -0.385. The van der Waals surface area contributed by atoms with Crippen molar-refractivity contribution in [2.75, 3.05) is 20.3 Å². The number of carbonyl (C=O) groups excluding carboxylic acids is 1. The van der Waals surface area contributed by atoms with Gasteiger partial charge < -0.3 is 14.7 Å². The Morgan fingerprint density at radius 2 is 2.29 bits per heavy atom. The number of nitro groups is 1. The van der Waals surface area contributed by atoms with Crippen molar-refractivity contribution in [3.8, 4) is 5.75 Å². The molecule has 2 unspecified atom stereocenters. The Morgan fingerprint density at radius 1 is 1.57 bits per heavy atom. The lowest BCUT2D eigenvalue weighted by Gasteiger charge is -2.25. The molecule has 1 heterocycles. The summed E-state index contributed by atoms with van der Waals surface area (Å²) in [6, 6.07) is 3.90. The van der Waals surface area contributed by atoms with Crippen molar-refractivity contribution in [1.82, 2.24) is 4.90 Å². The SMILES string of the molecule is COc1ccc(C(=O)N2CCC(C)C2CO)cc1[N+](=O)[O-]. The standard InChI is InChI=1S/C14H18N2O5/c1-9-5-6-15(12(9)8-17)14(18)10-3-4-13(21-2)11(7-10)16(19)20/h3-4,7,9,12,17H,5-6,8H2,1-2H3. The molecule has 0 bridgehead atoms. The number of hydrogen-bond donors (Lipinski definition) is 1. The summed E-state index contributed by atoms with van der Waals surface area (Å²) < 4.78 is 4.92. The predicted molar refractivity (Wildman–Crippen MR) is 75.3 cm³/mol. The number of aliphatic hydroxyl groups is 1. The van der Waals surface area contributed by atoms with Crippen LogP contribution in [0.25, 0.3) is 0 Å². The molecule has 1 aromatic carbocycles. The molecule has 1 aromatic rings. The van der Waals surface area contributed by atoms with Crippen LogP contribution in [0.5, 0.6) is 5.75 Å². The highest BCUT2D eigenvalue weighted by Gasteiger charge is 2.34. The average Bonchev–Trinajstić information content (AvgIpc) is 2.86. The minimum Gasteiger partial charge on any atom is -0.490 e. The first kappa shape index (κ1) is 15.2. The van der Waals surface area contributed by atoms with E-state index in [9.17, 15) is 20.0 Å². The molecule has 1 aliphatic heterocycles. The molecule has 0 aromatic heterocycles. The number of ether oxygens (including phenoxy) is 1. The Kier molecular flexibility index (Phi) is 4.42. The number of likely N-dealkylation sites (tertiary alicyclic amines) is 1. The van der Waals surface area contributed by atoms with E-state index in [1.165, 1.54) is 25.3 Å². The minimum absolute atomic E-state index is 0.106. The summed E-state index contributed by atoms with van der Waals surface area (Å²) in [6.07, 6.45) is 0.815. The van der Waals surface area contributed by atoms with Gasteiger partial charge in [-0.05, 0) is 24.5 Å². The van der Waals surface area contributed by atoms with Crippen molar-refractivity contribution in [2.24, 2.45) is 5.92 Å². The molecule has 2 rings (SSSR count). The highest BCUT2D eigenvalue weighted by atomic mass is 16.6. The number of rotatable bonds is 4. The van der Waals surface area contributed by atoms with Gasteiger partial charge in [-0.15, -0.1) is 0 Å². The fraction of sp³-hybridized carbons (Fsp3) is 0.500. The number of nitrogens with zero attached hydrogens (tertiary/aromatic N) is 2. The van der Waals surface area contributed by atoms with Crippen LogP contribution in [-0.2, 0) is 0 Å². The average molecular weight is 294 g/mol. The highest BCUT2D eigenvalue weighted by Crippen LogP contribution is 2.30. The third kappa shape index (κ3) is 2.82. The van der Waals surface area contributed by atoms with Gasteiger partial charge >= 0.3 is 5.69 Å². The van der Waals surface area contributed by atoms with E-state index in [2.05, 4.69) is 0 Å². The molecule has 114 valence electrons. The van der Waals surface area contributed by atoms with Crippen LogP contribution in [0.2, 0.25) is 0 Å². The first-order valence-electron chi connectivity index (χ1n) is 6.73. The third-order valence-corrected chi connectivity index (χ3v) is 3.95. The third-order valence-electron chi connectivity index (χ3n) is 3.95. The van der Waals surface area contributed by atoms with Crippen molar-refractivity contribution < 1.29 is 19.6 Å². The van der Waals surface area contributed by atoms with E-state index in [0.717, 1.165) is 6.42 Å². The van der Waals surface area contributed by atoms with Crippen LogP contribution in [0.1, 0.15) is 23.7 Å². The molecule has 7 nitrogen and oxygen atoms in total. The van der Waals surface area contributed by atoms with Gasteiger partial charge in [0.15, 0.2) is 5.75 Å². The van der Waals surface area contributed by atoms with Gasteiger partial charge in [0.25, 0.3) is 5.91 Å². The van der Waals surface area contributed by atoms with E-state index < -0.39 is 4.92 Å². The molecule has 0 spiro atoms. The summed E-state index contributed by atoms with van der Waals surface area (Å²) in [6.45, 7) is 2.42. The Bertz CT molecular complexity index is 560. The summed E-state index contributed by atoms with van der Waals surface area (Å²) in [5.74, 6) is 0.0291. The quantitative estimate of drug-likeness (QED) is 0.670.